The van der Waals surface area contributed by atoms with Gasteiger partial charge in [-0.25, -0.2) is 4.68 Å². The van der Waals surface area contributed by atoms with Crippen molar-refractivity contribution in [3.05, 3.63) is 59.8 Å². The van der Waals surface area contributed by atoms with Gasteiger partial charge >= 0.3 is 0 Å². The molecule has 0 aliphatic carbocycles. The molecule has 26 heavy (non-hydrogen) atoms. The summed E-state index contributed by atoms with van der Waals surface area (Å²) in [5.41, 5.74) is 1.54. The van der Waals surface area contributed by atoms with Gasteiger partial charge in [-0.3, -0.25) is 0 Å². The summed E-state index contributed by atoms with van der Waals surface area (Å²) in [6.45, 7) is 1.87. The molecular formula is C19H19N3O4. The molecule has 0 unspecified atom stereocenters. The molecular weight excluding hydrogens is 334 g/mol. The Balaban J connectivity index is 1.75. The lowest BCUT2D eigenvalue weighted by Gasteiger charge is -2.09. The highest BCUT2D eigenvalue weighted by molar-refractivity contribution is 5.84. The van der Waals surface area contributed by atoms with E-state index in [2.05, 4.69) is 10.3 Å². The zero-order valence-electron chi connectivity index (χ0n) is 14.7. The van der Waals surface area contributed by atoms with Crippen molar-refractivity contribution in [2.24, 2.45) is 12.2 Å². The molecule has 0 aliphatic heterocycles. The molecule has 0 fully saturated rings. The molecule has 0 radical (unpaired) electrons. The number of hydrogen-bond acceptors (Lipinski definition) is 6. The number of phenolic OH excluding ortho intramolecular Hbond substituents is 1. The molecule has 1 N–H and O–H groups in total. The van der Waals surface area contributed by atoms with Gasteiger partial charge in [0.1, 0.15) is 30.1 Å². The highest BCUT2D eigenvalue weighted by atomic mass is 16.6. The number of rotatable bonds is 6. The number of oxime groups is 1. The van der Waals surface area contributed by atoms with Gasteiger partial charge in [0.2, 0.25) is 5.88 Å². The fraction of sp³-hybridized carbons (Fsp3) is 0.158. The second-order valence-corrected chi connectivity index (χ2v) is 5.51. The maximum Gasteiger partial charge on any atom is 0.226 e. The molecule has 3 rings (SSSR count). The Morgan fingerprint density at radius 3 is 2.08 bits per heavy atom. The normalized spacial score (nSPS) is 10.9. The zero-order valence-corrected chi connectivity index (χ0v) is 14.7. The van der Waals surface area contributed by atoms with Crippen molar-refractivity contribution in [3.63, 3.8) is 0 Å². The van der Waals surface area contributed by atoms with E-state index >= 15 is 0 Å². The second kappa shape index (κ2) is 7.60. The molecule has 0 spiro atoms. The number of benzene rings is 2. The van der Waals surface area contributed by atoms with Crippen molar-refractivity contribution in [2.45, 2.75) is 6.92 Å². The van der Waals surface area contributed by atoms with E-state index in [1.165, 1.54) is 7.11 Å². The first-order valence-corrected chi connectivity index (χ1v) is 7.91. The van der Waals surface area contributed by atoms with E-state index in [1.54, 1.807) is 66.5 Å². The van der Waals surface area contributed by atoms with Crippen molar-refractivity contribution in [3.8, 4) is 28.9 Å². The lowest BCUT2D eigenvalue weighted by Crippen LogP contribution is -1.97. The van der Waals surface area contributed by atoms with Crippen LogP contribution in [0, 0.1) is 6.92 Å². The van der Waals surface area contributed by atoms with Gasteiger partial charge < -0.3 is 19.4 Å². The third-order valence-electron chi connectivity index (χ3n) is 3.61. The van der Waals surface area contributed by atoms with E-state index in [9.17, 15) is 5.11 Å². The smallest absolute Gasteiger partial charge is 0.226 e. The van der Waals surface area contributed by atoms with Crippen molar-refractivity contribution < 1.29 is 19.4 Å². The minimum absolute atomic E-state index is 0.195. The largest absolute Gasteiger partial charge is 0.508 e. The summed E-state index contributed by atoms with van der Waals surface area (Å²) in [5, 5.41) is 17.4. The van der Waals surface area contributed by atoms with Crippen LogP contribution < -0.4 is 9.47 Å². The number of aromatic nitrogens is 2. The standard InChI is InChI=1S/C19H19N3O4/c1-13-18(12-20-24-3)19(22(2)21-13)26-17-10-8-16(9-11-17)25-15-6-4-14(23)5-7-15/h4-12,23H,1-3H3/b20-12+. The second-order valence-electron chi connectivity index (χ2n) is 5.51. The fourth-order valence-corrected chi connectivity index (χ4v) is 2.37. The van der Waals surface area contributed by atoms with Gasteiger partial charge in [0.15, 0.2) is 0 Å². The lowest BCUT2D eigenvalue weighted by atomic mass is 10.2. The summed E-state index contributed by atoms with van der Waals surface area (Å²) >= 11 is 0. The Bertz CT molecular complexity index is 900. The molecule has 3 aromatic rings. The number of ether oxygens (including phenoxy) is 2. The van der Waals surface area contributed by atoms with Crippen molar-refractivity contribution in [1.82, 2.24) is 9.78 Å². The molecule has 0 amide bonds. The summed E-state index contributed by atoms with van der Waals surface area (Å²) in [6.07, 6.45) is 1.57. The van der Waals surface area contributed by atoms with Crippen LogP contribution in [0.4, 0.5) is 0 Å². The van der Waals surface area contributed by atoms with Crippen LogP contribution in [0.2, 0.25) is 0 Å². The number of aryl methyl sites for hydroxylation is 2. The van der Waals surface area contributed by atoms with E-state index in [0.717, 1.165) is 11.3 Å². The number of nitrogens with zero attached hydrogens (tertiary/aromatic N) is 3. The number of aromatic hydroxyl groups is 1. The Morgan fingerprint density at radius 1 is 0.962 bits per heavy atom. The zero-order chi connectivity index (χ0) is 18.5. The monoisotopic (exact) mass is 353 g/mol. The topological polar surface area (TPSA) is 78.1 Å². The quantitative estimate of drug-likeness (QED) is 0.535. The highest BCUT2D eigenvalue weighted by Gasteiger charge is 2.14. The van der Waals surface area contributed by atoms with Crippen LogP contribution in [0.5, 0.6) is 28.9 Å². The van der Waals surface area contributed by atoms with E-state index < -0.39 is 0 Å². The SMILES string of the molecule is CO/N=C/c1c(C)nn(C)c1Oc1ccc(Oc2ccc(O)cc2)cc1. The predicted molar refractivity (Wildman–Crippen MR) is 97.2 cm³/mol. The van der Waals surface area contributed by atoms with Gasteiger partial charge in [0.05, 0.1) is 17.5 Å². The molecule has 7 nitrogen and oxygen atoms in total. The van der Waals surface area contributed by atoms with Crippen LogP contribution in [-0.4, -0.2) is 28.2 Å². The van der Waals surface area contributed by atoms with Gasteiger partial charge in [-0.05, 0) is 55.5 Å². The first-order valence-electron chi connectivity index (χ1n) is 7.91. The molecule has 0 saturated carbocycles. The van der Waals surface area contributed by atoms with Crippen molar-refractivity contribution >= 4 is 6.21 Å². The molecule has 0 atom stereocenters. The van der Waals surface area contributed by atoms with Gasteiger partial charge in [-0.1, -0.05) is 5.16 Å². The third-order valence-corrected chi connectivity index (χ3v) is 3.61. The van der Waals surface area contributed by atoms with Gasteiger partial charge in [-0.2, -0.15) is 5.10 Å². The minimum Gasteiger partial charge on any atom is -0.508 e. The third kappa shape index (κ3) is 3.94. The maximum absolute atomic E-state index is 9.30. The predicted octanol–water partition coefficient (Wildman–Crippen LogP) is 4.00. The molecule has 0 aliphatic rings. The van der Waals surface area contributed by atoms with Crippen molar-refractivity contribution in [2.75, 3.05) is 7.11 Å². The summed E-state index contributed by atoms with van der Waals surface area (Å²) in [6, 6.07) is 13.7. The van der Waals surface area contributed by atoms with Crippen LogP contribution in [-0.2, 0) is 11.9 Å². The van der Waals surface area contributed by atoms with Gasteiger partial charge in [0.25, 0.3) is 0 Å². The molecule has 1 aromatic heterocycles. The minimum atomic E-state index is 0.195. The maximum atomic E-state index is 9.30. The van der Waals surface area contributed by atoms with Gasteiger partial charge in [-0.15, -0.1) is 0 Å². The summed E-state index contributed by atoms with van der Waals surface area (Å²) in [4.78, 5) is 4.74. The summed E-state index contributed by atoms with van der Waals surface area (Å²) in [7, 11) is 3.28. The van der Waals surface area contributed by atoms with Gasteiger partial charge in [0, 0.05) is 7.05 Å². The lowest BCUT2D eigenvalue weighted by molar-refractivity contribution is 0.215. The number of hydrogen-bond donors (Lipinski definition) is 1. The van der Waals surface area contributed by atoms with E-state index in [0.29, 0.717) is 23.1 Å². The Labute approximate surface area is 151 Å². The first-order chi connectivity index (χ1) is 12.6. The van der Waals surface area contributed by atoms with Crippen LogP contribution in [0.25, 0.3) is 0 Å². The molecule has 0 bridgehead atoms. The van der Waals surface area contributed by atoms with Crippen molar-refractivity contribution in [1.29, 1.82) is 0 Å². The summed E-state index contributed by atoms with van der Waals surface area (Å²) in [5.74, 6) is 2.69. The molecule has 134 valence electrons. The Morgan fingerprint density at radius 2 is 1.50 bits per heavy atom. The fourth-order valence-electron chi connectivity index (χ4n) is 2.37. The first kappa shape index (κ1) is 17.3. The van der Waals surface area contributed by atoms with Crippen LogP contribution in [0.3, 0.4) is 0 Å². The van der Waals surface area contributed by atoms with Crippen LogP contribution in [0.1, 0.15) is 11.3 Å². The number of phenols is 1. The molecule has 1 heterocycles. The Hall–Kier alpha value is -3.48. The van der Waals surface area contributed by atoms with E-state index in [1.807, 2.05) is 6.92 Å². The van der Waals surface area contributed by atoms with Crippen LogP contribution >= 0.6 is 0 Å². The molecule has 0 saturated heterocycles. The molecule has 7 heteroatoms. The van der Waals surface area contributed by atoms with Crippen LogP contribution in [0.15, 0.2) is 53.7 Å². The average molecular weight is 353 g/mol. The molecule has 2 aromatic carbocycles. The average Bonchev–Trinajstić information content (AvgIpc) is 2.90. The van der Waals surface area contributed by atoms with E-state index in [4.69, 9.17) is 14.3 Å². The summed E-state index contributed by atoms with van der Waals surface area (Å²) < 4.78 is 13.3. The highest BCUT2D eigenvalue weighted by Crippen LogP contribution is 2.29. The van der Waals surface area contributed by atoms with E-state index in [-0.39, 0.29) is 5.75 Å². The Kier molecular flexibility index (Phi) is 5.07.